The molecule has 0 unspecified atom stereocenters. The van der Waals surface area contributed by atoms with Crippen molar-refractivity contribution in [2.24, 2.45) is 0 Å². The van der Waals surface area contributed by atoms with E-state index in [1.165, 1.54) is 0 Å². The first-order chi connectivity index (χ1) is 17.2. The topological polar surface area (TPSA) is 79.9 Å². The molecule has 0 aliphatic heterocycles. The Labute approximate surface area is 206 Å². The molecule has 0 aliphatic rings. The lowest BCUT2D eigenvalue weighted by Gasteiger charge is -2.12. The van der Waals surface area contributed by atoms with E-state index in [2.05, 4.69) is 10.2 Å². The van der Waals surface area contributed by atoms with Crippen LogP contribution in [0.15, 0.2) is 82.7 Å². The standard InChI is InChI=1S/C26H24N4O4S/c1-32-19-11-13-20(14-12-19)34-15-6-16-35-26-28-27-25-29(18-7-5-8-21(17-18)33-2)24(31)22-9-3-4-10-23(22)30(25)26/h3-5,7-14,17H,6,15-16H2,1-2H3. The van der Waals surface area contributed by atoms with Gasteiger partial charge in [-0.1, -0.05) is 30.0 Å². The van der Waals surface area contributed by atoms with Crippen LogP contribution in [-0.4, -0.2) is 45.7 Å². The predicted octanol–water partition coefficient (Wildman–Crippen LogP) is 4.61. The smallest absolute Gasteiger partial charge is 0.267 e. The second-order valence-corrected chi connectivity index (χ2v) is 8.77. The van der Waals surface area contributed by atoms with Crippen molar-refractivity contribution in [1.82, 2.24) is 19.2 Å². The van der Waals surface area contributed by atoms with Gasteiger partial charge in [0.25, 0.3) is 5.56 Å². The monoisotopic (exact) mass is 488 g/mol. The van der Waals surface area contributed by atoms with Crippen LogP contribution in [0.25, 0.3) is 22.4 Å². The number of hydrogen-bond acceptors (Lipinski definition) is 7. The molecule has 0 aliphatic carbocycles. The molecular formula is C26H24N4O4S. The predicted molar refractivity (Wildman–Crippen MR) is 136 cm³/mol. The van der Waals surface area contributed by atoms with Gasteiger partial charge in [-0.15, -0.1) is 10.2 Å². The van der Waals surface area contributed by atoms with Gasteiger partial charge >= 0.3 is 0 Å². The number of rotatable bonds is 9. The van der Waals surface area contributed by atoms with Crippen molar-refractivity contribution in [3.63, 3.8) is 0 Å². The summed E-state index contributed by atoms with van der Waals surface area (Å²) < 4.78 is 19.9. The Morgan fingerprint density at radius 1 is 0.857 bits per heavy atom. The lowest BCUT2D eigenvalue weighted by atomic mass is 10.2. The highest BCUT2D eigenvalue weighted by molar-refractivity contribution is 7.99. The molecule has 0 amide bonds. The molecular weight excluding hydrogens is 464 g/mol. The zero-order chi connectivity index (χ0) is 24.2. The first-order valence-electron chi connectivity index (χ1n) is 11.1. The maximum atomic E-state index is 13.4. The quantitative estimate of drug-likeness (QED) is 0.221. The van der Waals surface area contributed by atoms with Gasteiger partial charge in [-0.25, -0.2) is 4.57 Å². The Kier molecular flexibility index (Phi) is 6.58. The first-order valence-corrected chi connectivity index (χ1v) is 12.1. The van der Waals surface area contributed by atoms with Crippen molar-refractivity contribution in [1.29, 1.82) is 0 Å². The van der Waals surface area contributed by atoms with Gasteiger partial charge < -0.3 is 14.2 Å². The van der Waals surface area contributed by atoms with Crippen LogP contribution in [0.4, 0.5) is 0 Å². The summed E-state index contributed by atoms with van der Waals surface area (Å²) in [6.45, 7) is 0.575. The van der Waals surface area contributed by atoms with Crippen LogP contribution >= 0.6 is 11.8 Å². The van der Waals surface area contributed by atoms with E-state index in [1.54, 1.807) is 30.5 Å². The number of nitrogens with zero attached hydrogens (tertiary/aromatic N) is 4. The molecule has 2 heterocycles. The number of hydrogen-bond donors (Lipinski definition) is 0. The molecule has 0 N–H and O–H groups in total. The molecule has 2 aromatic heterocycles. The summed E-state index contributed by atoms with van der Waals surface area (Å²) in [5.74, 6) is 3.50. The number of fused-ring (bicyclic) bond motifs is 3. The van der Waals surface area contributed by atoms with Crippen molar-refractivity contribution in [3.05, 3.63) is 83.2 Å². The van der Waals surface area contributed by atoms with Gasteiger partial charge in [-0.3, -0.25) is 9.20 Å². The minimum Gasteiger partial charge on any atom is -0.497 e. The number of para-hydroxylation sites is 1. The van der Waals surface area contributed by atoms with E-state index in [-0.39, 0.29) is 5.56 Å². The summed E-state index contributed by atoms with van der Waals surface area (Å²) >= 11 is 1.58. The molecule has 9 heteroatoms. The highest BCUT2D eigenvalue weighted by Gasteiger charge is 2.18. The number of ether oxygens (including phenoxy) is 3. The van der Waals surface area contributed by atoms with Crippen molar-refractivity contribution in [2.45, 2.75) is 11.6 Å². The summed E-state index contributed by atoms with van der Waals surface area (Å²) in [7, 11) is 3.24. The van der Waals surface area contributed by atoms with Crippen LogP contribution in [0.5, 0.6) is 17.2 Å². The fourth-order valence-corrected chi connectivity index (χ4v) is 4.69. The number of aromatic nitrogens is 4. The summed E-state index contributed by atoms with van der Waals surface area (Å²) in [5, 5.41) is 10.1. The van der Waals surface area contributed by atoms with E-state index in [9.17, 15) is 4.79 Å². The molecule has 3 aromatic carbocycles. The second-order valence-electron chi connectivity index (χ2n) is 7.70. The third-order valence-electron chi connectivity index (χ3n) is 5.55. The third kappa shape index (κ3) is 4.54. The molecule has 0 fully saturated rings. The fourth-order valence-electron chi connectivity index (χ4n) is 3.84. The minimum absolute atomic E-state index is 0.154. The highest BCUT2D eigenvalue weighted by Crippen LogP contribution is 2.25. The highest BCUT2D eigenvalue weighted by atomic mass is 32.2. The van der Waals surface area contributed by atoms with E-state index in [1.807, 2.05) is 77.2 Å². The van der Waals surface area contributed by atoms with E-state index in [4.69, 9.17) is 14.2 Å². The molecule has 5 aromatic rings. The van der Waals surface area contributed by atoms with Crippen LogP contribution in [0.1, 0.15) is 6.42 Å². The number of thioether (sulfide) groups is 1. The molecule has 0 atom stereocenters. The average Bonchev–Trinajstić information content (AvgIpc) is 3.32. The SMILES string of the molecule is COc1ccc(OCCCSc2nnc3n(-c4cccc(OC)c4)c(=O)c4ccccc4n23)cc1. The Bertz CT molecular complexity index is 1530. The maximum absolute atomic E-state index is 13.4. The van der Waals surface area contributed by atoms with Crippen LogP contribution in [0.2, 0.25) is 0 Å². The number of methoxy groups -OCH3 is 2. The average molecular weight is 489 g/mol. The van der Waals surface area contributed by atoms with Crippen LogP contribution in [0, 0.1) is 0 Å². The van der Waals surface area contributed by atoms with Crippen molar-refractivity contribution in [3.8, 4) is 22.9 Å². The van der Waals surface area contributed by atoms with Gasteiger partial charge in [0.15, 0.2) is 5.16 Å². The molecule has 0 radical (unpaired) electrons. The van der Waals surface area contributed by atoms with E-state index in [0.717, 1.165) is 34.3 Å². The molecule has 35 heavy (non-hydrogen) atoms. The lowest BCUT2D eigenvalue weighted by molar-refractivity contribution is 0.318. The van der Waals surface area contributed by atoms with Gasteiger partial charge in [0.05, 0.1) is 37.4 Å². The summed E-state index contributed by atoms with van der Waals surface area (Å²) in [6, 6.07) is 22.4. The van der Waals surface area contributed by atoms with Crippen LogP contribution in [-0.2, 0) is 0 Å². The second kappa shape index (κ2) is 10.1. The molecule has 178 valence electrons. The normalized spacial score (nSPS) is 11.1. The van der Waals surface area contributed by atoms with Crippen LogP contribution < -0.4 is 19.8 Å². The fraction of sp³-hybridized carbons (Fsp3) is 0.192. The maximum Gasteiger partial charge on any atom is 0.267 e. The van der Waals surface area contributed by atoms with E-state index >= 15 is 0 Å². The Morgan fingerprint density at radius 2 is 1.63 bits per heavy atom. The molecule has 0 spiro atoms. The van der Waals surface area contributed by atoms with Crippen LogP contribution in [0.3, 0.4) is 0 Å². The first kappa shape index (κ1) is 22.8. The van der Waals surface area contributed by atoms with E-state index < -0.39 is 0 Å². The third-order valence-corrected chi connectivity index (χ3v) is 6.57. The van der Waals surface area contributed by atoms with Gasteiger partial charge in [0, 0.05) is 11.8 Å². The largest absolute Gasteiger partial charge is 0.497 e. The molecule has 0 bridgehead atoms. The van der Waals surface area contributed by atoms with Crippen molar-refractivity contribution in [2.75, 3.05) is 26.6 Å². The van der Waals surface area contributed by atoms with Gasteiger partial charge in [-0.2, -0.15) is 0 Å². The Balaban J connectivity index is 1.41. The lowest BCUT2D eigenvalue weighted by Crippen LogP contribution is -2.21. The zero-order valence-electron chi connectivity index (χ0n) is 19.4. The summed E-state index contributed by atoms with van der Waals surface area (Å²) in [4.78, 5) is 13.4. The molecule has 5 rings (SSSR count). The Morgan fingerprint density at radius 3 is 2.43 bits per heavy atom. The number of benzene rings is 3. The van der Waals surface area contributed by atoms with E-state index in [0.29, 0.717) is 29.2 Å². The molecule has 0 saturated carbocycles. The summed E-state index contributed by atoms with van der Waals surface area (Å²) in [6.07, 6.45) is 0.819. The van der Waals surface area contributed by atoms with Gasteiger partial charge in [0.1, 0.15) is 17.2 Å². The van der Waals surface area contributed by atoms with Gasteiger partial charge in [0.2, 0.25) is 5.78 Å². The zero-order valence-corrected chi connectivity index (χ0v) is 20.2. The minimum atomic E-state index is -0.154. The molecule has 8 nitrogen and oxygen atoms in total. The molecule has 0 saturated heterocycles. The van der Waals surface area contributed by atoms with Crippen molar-refractivity contribution >= 4 is 28.4 Å². The Hall–Kier alpha value is -3.98. The van der Waals surface area contributed by atoms with Gasteiger partial charge in [-0.05, 0) is 55.0 Å². The summed E-state index contributed by atoms with van der Waals surface area (Å²) in [5.41, 5.74) is 1.29. The van der Waals surface area contributed by atoms with Crippen molar-refractivity contribution < 1.29 is 14.2 Å².